The van der Waals surface area contributed by atoms with Crippen molar-refractivity contribution in [3.05, 3.63) is 0 Å². The van der Waals surface area contributed by atoms with Crippen molar-refractivity contribution in [2.24, 2.45) is 0 Å². The van der Waals surface area contributed by atoms with Crippen LogP contribution in [0.3, 0.4) is 0 Å². The third-order valence-corrected chi connectivity index (χ3v) is 2.10. The predicted molar refractivity (Wildman–Crippen MR) is 40.0 cm³/mol. The average Bonchev–Trinajstić information content (AvgIpc) is 2.07. The Bertz CT molecular complexity index is 205. The topological polar surface area (TPSA) is 107 Å². The molecule has 0 spiro atoms. The fraction of sp³-hybridized carbons (Fsp3) is 0.857. The number of aliphatic hydroxyl groups is 3. The minimum Gasteiger partial charge on any atom is -0.479 e. The van der Waals surface area contributed by atoms with Crippen LogP contribution in [0, 0.1) is 0 Å². The first-order chi connectivity index (χ1) is 5.95. The van der Waals surface area contributed by atoms with Gasteiger partial charge in [0.2, 0.25) is 0 Å². The Morgan fingerprint density at radius 1 is 1.15 bits per heavy atom. The molecule has 0 amide bonds. The van der Waals surface area contributed by atoms with E-state index >= 15 is 0 Å². The number of rotatable bonds is 1. The van der Waals surface area contributed by atoms with Crippen molar-refractivity contribution in [3.63, 3.8) is 0 Å². The predicted octanol–water partition coefficient (Wildman–Crippen LogP) is -2.06. The van der Waals surface area contributed by atoms with Gasteiger partial charge in [-0.3, -0.25) is 0 Å². The molecule has 0 bridgehead atoms. The molecule has 0 aromatic heterocycles. The molecule has 0 saturated carbocycles. The van der Waals surface area contributed by atoms with Crippen LogP contribution in [0.15, 0.2) is 0 Å². The van der Waals surface area contributed by atoms with Crippen LogP contribution in [0.2, 0.25) is 0 Å². The first kappa shape index (κ1) is 10.4. The summed E-state index contributed by atoms with van der Waals surface area (Å²) in [5.74, 6) is -1.36. The molecule has 0 aromatic carbocycles. The maximum atomic E-state index is 10.5. The SMILES string of the molecule is C[C@@H]1O[C@@H](C(=O)O)[C@@H](O)[C@H](O)[C@@H]1O. The molecule has 5 atom stereocenters. The Balaban J connectivity index is 2.76. The summed E-state index contributed by atoms with van der Waals surface area (Å²) in [6.07, 6.45) is -6.62. The quantitative estimate of drug-likeness (QED) is 0.380. The van der Waals surface area contributed by atoms with E-state index in [4.69, 9.17) is 9.84 Å². The largest absolute Gasteiger partial charge is 0.479 e. The summed E-state index contributed by atoms with van der Waals surface area (Å²) >= 11 is 0. The number of hydrogen-bond acceptors (Lipinski definition) is 5. The molecule has 0 aliphatic carbocycles. The highest BCUT2D eigenvalue weighted by atomic mass is 16.6. The lowest BCUT2D eigenvalue weighted by Gasteiger charge is -2.37. The number of carboxylic acid groups (broad SMARTS) is 1. The zero-order valence-corrected chi connectivity index (χ0v) is 6.99. The van der Waals surface area contributed by atoms with Crippen LogP contribution in [0.25, 0.3) is 0 Å². The molecule has 1 aliphatic rings. The van der Waals surface area contributed by atoms with Crippen LogP contribution in [0.1, 0.15) is 6.92 Å². The fourth-order valence-electron chi connectivity index (χ4n) is 1.26. The Hall–Kier alpha value is -0.690. The number of aliphatic hydroxyl groups excluding tert-OH is 3. The van der Waals surface area contributed by atoms with Gasteiger partial charge in [0.15, 0.2) is 6.10 Å². The average molecular weight is 192 g/mol. The molecule has 76 valence electrons. The molecular formula is C7H12O6. The minimum absolute atomic E-state index is 0.806. The molecule has 1 heterocycles. The fourth-order valence-corrected chi connectivity index (χ4v) is 1.26. The first-order valence-electron chi connectivity index (χ1n) is 3.87. The highest BCUT2D eigenvalue weighted by Crippen LogP contribution is 2.20. The zero-order chi connectivity index (χ0) is 10.2. The van der Waals surface area contributed by atoms with Gasteiger partial charge in [0.25, 0.3) is 0 Å². The summed E-state index contributed by atoms with van der Waals surface area (Å²) in [4.78, 5) is 10.5. The Kier molecular flexibility index (Phi) is 2.87. The van der Waals surface area contributed by atoms with Crippen molar-refractivity contribution in [2.45, 2.75) is 37.4 Å². The van der Waals surface area contributed by atoms with Crippen LogP contribution in [0.5, 0.6) is 0 Å². The first-order valence-corrected chi connectivity index (χ1v) is 3.87. The summed E-state index contributed by atoms with van der Waals surface area (Å²) in [6, 6.07) is 0. The lowest BCUT2D eigenvalue weighted by Crippen LogP contribution is -2.58. The maximum absolute atomic E-state index is 10.5. The van der Waals surface area contributed by atoms with Crippen LogP contribution < -0.4 is 0 Å². The third-order valence-electron chi connectivity index (χ3n) is 2.10. The van der Waals surface area contributed by atoms with Crippen molar-refractivity contribution in [1.29, 1.82) is 0 Å². The molecule has 6 heteroatoms. The van der Waals surface area contributed by atoms with Crippen molar-refractivity contribution in [3.8, 4) is 0 Å². The molecule has 4 N–H and O–H groups in total. The van der Waals surface area contributed by atoms with E-state index in [1.807, 2.05) is 0 Å². The monoisotopic (exact) mass is 192 g/mol. The summed E-state index contributed by atoms with van der Waals surface area (Å²) in [7, 11) is 0. The second-order valence-electron chi connectivity index (χ2n) is 3.07. The van der Waals surface area contributed by atoms with E-state index < -0.39 is 36.5 Å². The molecule has 0 unspecified atom stereocenters. The number of aliphatic carboxylic acids is 1. The van der Waals surface area contributed by atoms with Crippen LogP contribution in [-0.2, 0) is 9.53 Å². The van der Waals surface area contributed by atoms with E-state index in [1.165, 1.54) is 6.92 Å². The summed E-state index contributed by atoms with van der Waals surface area (Å²) in [5.41, 5.74) is 0. The summed E-state index contributed by atoms with van der Waals surface area (Å²) < 4.78 is 4.78. The van der Waals surface area contributed by atoms with Gasteiger partial charge in [-0.2, -0.15) is 0 Å². The number of carboxylic acids is 1. The van der Waals surface area contributed by atoms with Crippen LogP contribution >= 0.6 is 0 Å². The lowest BCUT2D eigenvalue weighted by atomic mass is 9.96. The molecule has 0 aromatic rings. The van der Waals surface area contributed by atoms with Gasteiger partial charge >= 0.3 is 5.97 Å². The van der Waals surface area contributed by atoms with Crippen molar-refractivity contribution in [1.82, 2.24) is 0 Å². The van der Waals surface area contributed by atoms with Crippen molar-refractivity contribution in [2.75, 3.05) is 0 Å². The van der Waals surface area contributed by atoms with E-state index in [1.54, 1.807) is 0 Å². The molecule has 1 fully saturated rings. The smallest absolute Gasteiger partial charge is 0.335 e. The van der Waals surface area contributed by atoms with Gasteiger partial charge in [-0.1, -0.05) is 0 Å². The van der Waals surface area contributed by atoms with Gasteiger partial charge in [0, 0.05) is 0 Å². The van der Waals surface area contributed by atoms with E-state index in [0.717, 1.165) is 0 Å². The van der Waals surface area contributed by atoms with Gasteiger partial charge in [-0.25, -0.2) is 4.79 Å². The van der Waals surface area contributed by atoms with E-state index in [-0.39, 0.29) is 0 Å². The second kappa shape index (κ2) is 3.59. The maximum Gasteiger partial charge on any atom is 0.335 e. The normalized spacial score (nSPS) is 46.0. The second-order valence-corrected chi connectivity index (χ2v) is 3.07. The van der Waals surface area contributed by atoms with Crippen LogP contribution in [0.4, 0.5) is 0 Å². The zero-order valence-electron chi connectivity index (χ0n) is 6.99. The molecule has 6 nitrogen and oxygen atoms in total. The van der Waals surface area contributed by atoms with Gasteiger partial charge < -0.3 is 25.2 Å². The van der Waals surface area contributed by atoms with Gasteiger partial charge in [0.05, 0.1) is 6.10 Å². The number of carbonyl (C=O) groups is 1. The molecule has 1 saturated heterocycles. The molecule has 1 rings (SSSR count). The Labute approximate surface area is 74.4 Å². The van der Waals surface area contributed by atoms with Gasteiger partial charge in [-0.15, -0.1) is 0 Å². The van der Waals surface area contributed by atoms with E-state index in [9.17, 15) is 20.1 Å². The Morgan fingerprint density at radius 2 is 1.69 bits per heavy atom. The van der Waals surface area contributed by atoms with E-state index in [0.29, 0.717) is 0 Å². The standard InChI is InChI=1S/C7H12O6/c1-2-3(8)4(9)5(10)6(13-2)7(11)12/h2-6,8-10H,1H3,(H,11,12)/t2-,3+,4+,5-,6+/m0/s1. The summed E-state index contributed by atoms with van der Waals surface area (Å²) in [6.45, 7) is 1.43. The molecule has 1 aliphatic heterocycles. The van der Waals surface area contributed by atoms with E-state index in [2.05, 4.69) is 0 Å². The number of hydrogen-bond donors (Lipinski definition) is 4. The highest BCUT2D eigenvalue weighted by Gasteiger charge is 2.44. The highest BCUT2D eigenvalue weighted by molar-refractivity contribution is 5.73. The molecule has 13 heavy (non-hydrogen) atoms. The lowest BCUT2D eigenvalue weighted by molar-refractivity contribution is -0.223. The van der Waals surface area contributed by atoms with Crippen molar-refractivity contribution < 1.29 is 30.0 Å². The van der Waals surface area contributed by atoms with Crippen LogP contribution in [-0.4, -0.2) is 56.9 Å². The third kappa shape index (κ3) is 1.80. The Morgan fingerprint density at radius 3 is 2.15 bits per heavy atom. The molecular weight excluding hydrogens is 180 g/mol. The number of ether oxygens (including phenoxy) is 1. The summed E-state index contributed by atoms with van der Waals surface area (Å²) in [5, 5.41) is 36.1. The van der Waals surface area contributed by atoms with Gasteiger partial charge in [0.1, 0.15) is 18.3 Å². The van der Waals surface area contributed by atoms with Gasteiger partial charge in [-0.05, 0) is 6.92 Å². The van der Waals surface area contributed by atoms with Crippen molar-refractivity contribution >= 4 is 5.97 Å². The minimum atomic E-state index is -1.59. The molecule has 0 radical (unpaired) electrons.